The standard InChI is InChI=1S/C17H17BrCl2/c1-3-11-5-6-13(9-12(11)4-2)17(20)15-8-7-14(18)10-16(15)19/h5-10,17H,3-4H2,1-2H3. The Morgan fingerprint density at radius 1 is 1.00 bits per heavy atom. The van der Waals surface area contributed by atoms with Crippen molar-refractivity contribution in [1.82, 2.24) is 0 Å². The van der Waals surface area contributed by atoms with Crippen LogP contribution in [0.5, 0.6) is 0 Å². The van der Waals surface area contributed by atoms with Crippen molar-refractivity contribution in [2.24, 2.45) is 0 Å². The monoisotopic (exact) mass is 370 g/mol. The lowest BCUT2D eigenvalue weighted by atomic mass is 9.96. The molecule has 0 saturated carbocycles. The highest BCUT2D eigenvalue weighted by Gasteiger charge is 2.15. The van der Waals surface area contributed by atoms with E-state index in [1.54, 1.807) is 0 Å². The Bertz CT molecular complexity index is 608. The molecule has 0 N–H and O–H groups in total. The normalized spacial score (nSPS) is 12.4. The van der Waals surface area contributed by atoms with Crippen LogP contribution >= 0.6 is 39.1 Å². The number of hydrogen-bond acceptors (Lipinski definition) is 0. The first kappa shape index (κ1) is 15.9. The van der Waals surface area contributed by atoms with Crippen molar-refractivity contribution in [2.45, 2.75) is 32.1 Å². The fraction of sp³-hybridized carbons (Fsp3) is 0.294. The van der Waals surface area contributed by atoms with E-state index in [2.05, 4.69) is 48.0 Å². The first-order valence-corrected chi connectivity index (χ1v) is 8.38. The van der Waals surface area contributed by atoms with Gasteiger partial charge in [0, 0.05) is 9.50 Å². The van der Waals surface area contributed by atoms with E-state index in [-0.39, 0.29) is 5.38 Å². The third-order valence-electron chi connectivity index (χ3n) is 3.52. The van der Waals surface area contributed by atoms with Gasteiger partial charge in [-0.1, -0.05) is 65.6 Å². The van der Waals surface area contributed by atoms with Crippen LogP contribution in [0, 0.1) is 0 Å². The van der Waals surface area contributed by atoms with Crippen molar-refractivity contribution < 1.29 is 0 Å². The number of hydrogen-bond donors (Lipinski definition) is 0. The lowest BCUT2D eigenvalue weighted by Crippen LogP contribution is -1.98. The van der Waals surface area contributed by atoms with Gasteiger partial charge in [0.25, 0.3) is 0 Å². The lowest BCUT2D eigenvalue weighted by Gasteiger charge is -2.15. The molecule has 0 saturated heterocycles. The SMILES string of the molecule is CCc1ccc(C(Cl)c2ccc(Br)cc2Cl)cc1CC. The minimum Gasteiger partial charge on any atom is -0.113 e. The molecule has 0 heterocycles. The van der Waals surface area contributed by atoms with E-state index in [1.165, 1.54) is 11.1 Å². The summed E-state index contributed by atoms with van der Waals surface area (Å²) >= 11 is 16.3. The van der Waals surface area contributed by atoms with E-state index in [0.717, 1.165) is 28.4 Å². The molecule has 0 bridgehead atoms. The molecular formula is C17H17BrCl2. The molecule has 1 unspecified atom stereocenters. The van der Waals surface area contributed by atoms with Crippen LogP contribution in [0.1, 0.15) is 41.5 Å². The molecule has 0 spiro atoms. The van der Waals surface area contributed by atoms with E-state index < -0.39 is 0 Å². The van der Waals surface area contributed by atoms with E-state index in [9.17, 15) is 0 Å². The van der Waals surface area contributed by atoms with Gasteiger partial charge >= 0.3 is 0 Å². The van der Waals surface area contributed by atoms with Crippen molar-refractivity contribution in [3.63, 3.8) is 0 Å². The van der Waals surface area contributed by atoms with Crippen LogP contribution in [-0.2, 0) is 12.8 Å². The highest BCUT2D eigenvalue weighted by Crippen LogP contribution is 2.35. The summed E-state index contributed by atoms with van der Waals surface area (Å²) in [5, 5.41) is 0.476. The maximum Gasteiger partial charge on any atom is 0.0849 e. The fourth-order valence-electron chi connectivity index (χ4n) is 2.36. The zero-order valence-corrected chi connectivity index (χ0v) is 14.7. The summed E-state index contributed by atoms with van der Waals surface area (Å²) in [4.78, 5) is 0. The van der Waals surface area contributed by atoms with Crippen LogP contribution in [0.4, 0.5) is 0 Å². The smallest absolute Gasteiger partial charge is 0.0849 e. The van der Waals surface area contributed by atoms with E-state index >= 15 is 0 Å². The van der Waals surface area contributed by atoms with Crippen molar-refractivity contribution in [2.75, 3.05) is 0 Å². The second-order valence-electron chi connectivity index (χ2n) is 4.76. The molecule has 2 aromatic rings. The van der Waals surface area contributed by atoms with Gasteiger partial charge in [0.15, 0.2) is 0 Å². The van der Waals surface area contributed by atoms with Crippen molar-refractivity contribution in [3.8, 4) is 0 Å². The number of alkyl halides is 1. The average Bonchev–Trinajstić information content (AvgIpc) is 2.45. The third-order valence-corrected chi connectivity index (χ3v) is 4.83. The molecule has 2 aromatic carbocycles. The zero-order valence-electron chi connectivity index (χ0n) is 11.6. The minimum absolute atomic E-state index is 0.216. The van der Waals surface area contributed by atoms with Crippen molar-refractivity contribution >= 4 is 39.1 Å². The molecule has 0 aliphatic rings. The summed E-state index contributed by atoms with van der Waals surface area (Å²) in [5.41, 5.74) is 4.80. The zero-order chi connectivity index (χ0) is 14.7. The molecule has 1 atom stereocenters. The average molecular weight is 372 g/mol. The van der Waals surface area contributed by atoms with Gasteiger partial charge in [0.2, 0.25) is 0 Å². The molecule has 0 aliphatic carbocycles. The summed E-state index contributed by atoms with van der Waals surface area (Å²) in [7, 11) is 0. The van der Waals surface area contributed by atoms with Crippen LogP contribution in [0.2, 0.25) is 5.02 Å². The van der Waals surface area contributed by atoms with Gasteiger partial charge in [-0.2, -0.15) is 0 Å². The maximum absolute atomic E-state index is 6.61. The third kappa shape index (κ3) is 3.39. The van der Waals surface area contributed by atoms with E-state index in [0.29, 0.717) is 5.02 Å². The van der Waals surface area contributed by atoms with Gasteiger partial charge in [-0.05, 0) is 47.2 Å². The summed E-state index contributed by atoms with van der Waals surface area (Å²) in [6.45, 7) is 4.35. The molecule has 0 aromatic heterocycles. The minimum atomic E-state index is -0.216. The molecule has 0 fully saturated rings. The summed E-state index contributed by atoms with van der Waals surface area (Å²) in [5.74, 6) is 0. The van der Waals surface area contributed by atoms with Crippen LogP contribution in [0.15, 0.2) is 40.9 Å². The Kier molecular flexibility index (Phi) is 5.54. The van der Waals surface area contributed by atoms with E-state index in [1.807, 2.05) is 18.2 Å². The number of aryl methyl sites for hydroxylation is 2. The Morgan fingerprint density at radius 3 is 2.30 bits per heavy atom. The molecule has 106 valence electrons. The van der Waals surface area contributed by atoms with E-state index in [4.69, 9.17) is 23.2 Å². The molecule has 0 nitrogen and oxygen atoms in total. The number of benzene rings is 2. The van der Waals surface area contributed by atoms with Gasteiger partial charge in [-0.3, -0.25) is 0 Å². The van der Waals surface area contributed by atoms with Gasteiger partial charge in [0.1, 0.15) is 0 Å². The lowest BCUT2D eigenvalue weighted by molar-refractivity contribution is 1.02. The summed E-state index contributed by atoms with van der Waals surface area (Å²) < 4.78 is 0.964. The Morgan fingerprint density at radius 2 is 1.70 bits per heavy atom. The molecule has 20 heavy (non-hydrogen) atoms. The number of rotatable bonds is 4. The molecule has 0 radical (unpaired) electrons. The summed E-state index contributed by atoms with van der Waals surface area (Å²) in [6, 6.07) is 12.3. The Balaban J connectivity index is 2.40. The maximum atomic E-state index is 6.61. The van der Waals surface area contributed by atoms with Gasteiger partial charge in [-0.15, -0.1) is 11.6 Å². The Hall–Kier alpha value is -0.500. The first-order valence-electron chi connectivity index (χ1n) is 6.77. The fourth-order valence-corrected chi connectivity index (χ4v) is 3.53. The quantitative estimate of drug-likeness (QED) is 0.534. The topological polar surface area (TPSA) is 0 Å². The molecule has 0 amide bonds. The molecule has 0 aliphatic heterocycles. The second kappa shape index (κ2) is 6.98. The van der Waals surface area contributed by atoms with Crippen LogP contribution in [0.25, 0.3) is 0 Å². The van der Waals surface area contributed by atoms with Crippen LogP contribution < -0.4 is 0 Å². The van der Waals surface area contributed by atoms with Crippen molar-refractivity contribution in [3.05, 3.63) is 68.1 Å². The Labute approximate surface area is 139 Å². The highest BCUT2D eigenvalue weighted by atomic mass is 79.9. The predicted molar refractivity (Wildman–Crippen MR) is 92.0 cm³/mol. The largest absolute Gasteiger partial charge is 0.113 e. The second-order valence-corrected chi connectivity index (χ2v) is 6.52. The van der Waals surface area contributed by atoms with Crippen LogP contribution in [-0.4, -0.2) is 0 Å². The molecule has 2 rings (SSSR count). The van der Waals surface area contributed by atoms with Gasteiger partial charge < -0.3 is 0 Å². The number of halogens is 3. The van der Waals surface area contributed by atoms with Gasteiger partial charge in [0.05, 0.1) is 5.38 Å². The van der Waals surface area contributed by atoms with Crippen molar-refractivity contribution in [1.29, 1.82) is 0 Å². The molecular weight excluding hydrogens is 355 g/mol. The van der Waals surface area contributed by atoms with Crippen LogP contribution in [0.3, 0.4) is 0 Å². The highest BCUT2D eigenvalue weighted by molar-refractivity contribution is 9.10. The first-order chi connectivity index (χ1) is 9.56. The summed E-state index contributed by atoms with van der Waals surface area (Å²) in [6.07, 6.45) is 2.07. The molecule has 3 heteroatoms. The predicted octanol–water partition coefficient (Wildman–Crippen LogP) is 6.56. The van der Waals surface area contributed by atoms with Gasteiger partial charge in [-0.25, -0.2) is 0 Å².